The summed E-state index contributed by atoms with van der Waals surface area (Å²) in [5.41, 5.74) is 1.54. The van der Waals surface area contributed by atoms with E-state index in [9.17, 15) is 14.7 Å². The number of phenolic OH excluding ortho intramolecular Hbond substituents is 1. The van der Waals surface area contributed by atoms with Crippen molar-refractivity contribution in [2.75, 3.05) is 17.1 Å². The van der Waals surface area contributed by atoms with Crippen LogP contribution in [0.3, 0.4) is 0 Å². The van der Waals surface area contributed by atoms with Gasteiger partial charge in [0.05, 0.1) is 34.6 Å². The van der Waals surface area contributed by atoms with E-state index in [1.54, 1.807) is 42.5 Å². The molecule has 7 nitrogen and oxygen atoms in total. The minimum atomic E-state index is -1.07. The van der Waals surface area contributed by atoms with E-state index in [1.807, 2.05) is 0 Å². The van der Waals surface area contributed by atoms with Crippen LogP contribution in [0.1, 0.15) is 11.6 Å². The third-order valence-electron chi connectivity index (χ3n) is 5.90. The molecule has 2 fully saturated rings. The fraction of sp³-hybridized carbons (Fsp3) is 0.167. The molecule has 0 radical (unpaired) electrons. The smallest absolute Gasteiger partial charge is 0.266 e. The number of anilines is 2. The van der Waals surface area contributed by atoms with Crippen molar-refractivity contribution in [2.45, 2.75) is 12.1 Å². The fourth-order valence-corrected chi connectivity index (χ4v) is 4.74. The molecule has 0 aliphatic carbocycles. The van der Waals surface area contributed by atoms with Gasteiger partial charge in [0.1, 0.15) is 5.92 Å². The van der Waals surface area contributed by atoms with Crippen molar-refractivity contribution in [3.63, 3.8) is 0 Å². The molecular formula is C24H17Cl3N2O5. The summed E-state index contributed by atoms with van der Waals surface area (Å²) >= 11 is 18.2. The summed E-state index contributed by atoms with van der Waals surface area (Å²) < 4.78 is 5.26. The molecule has 0 aromatic heterocycles. The molecule has 0 unspecified atom stereocenters. The number of nitrogens with zero attached hydrogens (tertiary/aromatic N) is 2. The SMILES string of the molecule is COc1cc([C@H]2[C@H]3C(=O)N(c4ccc(Cl)c(Cl)c4)C(=O)[C@H]3ON2c2ccc(Cl)cc2)ccc1O. The normalized spacial score (nSPS) is 21.8. The van der Waals surface area contributed by atoms with Crippen LogP contribution in [0, 0.1) is 5.92 Å². The number of benzene rings is 3. The summed E-state index contributed by atoms with van der Waals surface area (Å²) in [5.74, 6) is -1.64. The lowest BCUT2D eigenvalue weighted by Crippen LogP contribution is -2.37. The van der Waals surface area contributed by atoms with Gasteiger partial charge in [-0.3, -0.25) is 14.4 Å². The maximum atomic E-state index is 13.7. The first-order valence-electron chi connectivity index (χ1n) is 10.2. The molecule has 0 bridgehead atoms. The Kier molecular flexibility index (Phi) is 5.81. The predicted molar refractivity (Wildman–Crippen MR) is 129 cm³/mol. The van der Waals surface area contributed by atoms with Gasteiger partial charge >= 0.3 is 0 Å². The first kappa shape index (κ1) is 22.8. The molecule has 0 spiro atoms. The van der Waals surface area contributed by atoms with Crippen LogP contribution < -0.4 is 14.7 Å². The van der Waals surface area contributed by atoms with Crippen LogP contribution in [0.25, 0.3) is 0 Å². The fourth-order valence-electron chi connectivity index (χ4n) is 4.32. The van der Waals surface area contributed by atoms with Gasteiger partial charge in [-0.1, -0.05) is 40.9 Å². The largest absolute Gasteiger partial charge is 0.504 e. The first-order valence-corrected chi connectivity index (χ1v) is 11.3. The third kappa shape index (κ3) is 3.65. The van der Waals surface area contributed by atoms with Gasteiger partial charge in [-0.25, -0.2) is 9.96 Å². The quantitative estimate of drug-likeness (QED) is 0.464. The minimum absolute atomic E-state index is 0.0500. The first-order chi connectivity index (χ1) is 16.3. The molecule has 34 heavy (non-hydrogen) atoms. The molecule has 2 aliphatic rings. The van der Waals surface area contributed by atoms with E-state index in [0.717, 1.165) is 4.90 Å². The number of phenols is 1. The number of methoxy groups -OCH3 is 1. The van der Waals surface area contributed by atoms with Gasteiger partial charge < -0.3 is 9.84 Å². The standard InChI is InChI=1S/C24H17Cl3N2O5/c1-33-19-10-12(2-9-18(19)30)21-20-22(34-29(21)14-5-3-13(25)4-6-14)24(32)28(23(20)31)15-7-8-16(26)17(27)11-15/h2-11,20-22,30H,1H3/t20-,21+,22+/m1/s1. The molecule has 2 heterocycles. The topological polar surface area (TPSA) is 79.3 Å². The molecular weight excluding hydrogens is 503 g/mol. The van der Waals surface area contributed by atoms with Crippen LogP contribution in [0.4, 0.5) is 11.4 Å². The van der Waals surface area contributed by atoms with Crippen LogP contribution in [-0.2, 0) is 14.4 Å². The number of fused-ring (bicyclic) bond motifs is 1. The summed E-state index contributed by atoms with van der Waals surface area (Å²) in [7, 11) is 1.43. The Balaban J connectivity index is 1.60. The van der Waals surface area contributed by atoms with Crippen LogP contribution >= 0.6 is 34.8 Å². The predicted octanol–water partition coefficient (Wildman–Crippen LogP) is 5.41. The van der Waals surface area contributed by atoms with Gasteiger partial charge in [0, 0.05) is 5.02 Å². The number of hydrogen-bond acceptors (Lipinski definition) is 6. The lowest BCUT2D eigenvalue weighted by molar-refractivity contribution is -0.126. The summed E-state index contributed by atoms with van der Waals surface area (Å²) in [6.45, 7) is 0. The monoisotopic (exact) mass is 518 g/mol. The average Bonchev–Trinajstić information content (AvgIpc) is 3.33. The Bertz CT molecular complexity index is 1300. The van der Waals surface area contributed by atoms with Gasteiger partial charge in [0.25, 0.3) is 5.91 Å². The third-order valence-corrected chi connectivity index (χ3v) is 6.89. The van der Waals surface area contributed by atoms with Gasteiger partial charge in [-0.05, 0) is 60.2 Å². The van der Waals surface area contributed by atoms with Crippen LogP contribution in [-0.4, -0.2) is 30.1 Å². The molecule has 174 valence electrons. The number of carbonyl (C=O) groups is 2. The van der Waals surface area contributed by atoms with Gasteiger partial charge in [-0.15, -0.1) is 0 Å². The Morgan fingerprint density at radius 3 is 2.26 bits per heavy atom. The molecule has 1 N–H and O–H groups in total. The molecule has 2 aliphatic heterocycles. The van der Waals surface area contributed by atoms with E-state index in [-0.39, 0.29) is 16.5 Å². The van der Waals surface area contributed by atoms with Crippen molar-refractivity contribution in [1.82, 2.24) is 0 Å². The number of imide groups is 1. The average molecular weight is 520 g/mol. The maximum Gasteiger partial charge on any atom is 0.266 e. The Labute approximate surface area is 209 Å². The number of hydrogen-bond donors (Lipinski definition) is 1. The van der Waals surface area contributed by atoms with E-state index in [4.69, 9.17) is 44.4 Å². The summed E-state index contributed by atoms with van der Waals surface area (Å²) in [4.78, 5) is 34.2. The van der Waals surface area contributed by atoms with Crippen molar-refractivity contribution >= 4 is 58.0 Å². The van der Waals surface area contributed by atoms with Crippen molar-refractivity contribution in [3.8, 4) is 11.5 Å². The minimum Gasteiger partial charge on any atom is -0.504 e. The number of halogens is 3. The van der Waals surface area contributed by atoms with Gasteiger partial charge in [-0.2, -0.15) is 0 Å². The molecule has 2 saturated heterocycles. The molecule has 3 aromatic carbocycles. The van der Waals surface area contributed by atoms with E-state index in [0.29, 0.717) is 27.0 Å². The molecule has 10 heteroatoms. The van der Waals surface area contributed by atoms with Crippen LogP contribution in [0.5, 0.6) is 11.5 Å². The van der Waals surface area contributed by atoms with Crippen molar-refractivity contribution in [1.29, 1.82) is 0 Å². The number of hydroxylamine groups is 1. The second-order valence-corrected chi connectivity index (χ2v) is 9.09. The van der Waals surface area contributed by atoms with E-state index < -0.39 is 29.9 Å². The lowest BCUT2D eigenvalue weighted by Gasteiger charge is -2.29. The number of rotatable bonds is 4. The second-order valence-electron chi connectivity index (χ2n) is 7.84. The number of aromatic hydroxyl groups is 1. The van der Waals surface area contributed by atoms with Crippen molar-refractivity contribution in [3.05, 3.63) is 81.3 Å². The highest BCUT2D eigenvalue weighted by molar-refractivity contribution is 6.42. The zero-order valence-electron chi connectivity index (χ0n) is 17.6. The van der Waals surface area contributed by atoms with Crippen LogP contribution in [0.2, 0.25) is 15.1 Å². The highest BCUT2D eigenvalue weighted by atomic mass is 35.5. The van der Waals surface area contributed by atoms with Crippen molar-refractivity contribution < 1.29 is 24.3 Å². The zero-order valence-corrected chi connectivity index (χ0v) is 19.9. The van der Waals surface area contributed by atoms with Crippen LogP contribution in [0.15, 0.2) is 60.7 Å². The summed E-state index contributed by atoms with van der Waals surface area (Å²) in [6, 6.07) is 15.5. The van der Waals surface area contributed by atoms with Crippen molar-refractivity contribution in [2.24, 2.45) is 5.92 Å². The van der Waals surface area contributed by atoms with E-state index in [2.05, 4.69) is 0 Å². The Morgan fingerprint density at radius 2 is 1.59 bits per heavy atom. The maximum absolute atomic E-state index is 13.7. The molecule has 5 rings (SSSR count). The Hall–Kier alpha value is -2.97. The highest BCUT2D eigenvalue weighted by Crippen LogP contribution is 2.49. The summed E-state index contributed by atoms with van der Waals surface area (Å²) in [5, 5.41) is 12.7. The second kappa shape index (κ2) is 8.67. The number of amides is 2. The molecule has 3 atom stereocenters. The number of ether oxygens (including phenoxy) is 1. The molecule has 2 amide bonds. The number of carbonyl (C=O) groups excluding carboxylic acids is 2. The van der Waals surface area contributed by atoms with E-state index in [1.165, 1.54) is 30.4 Å². The highest BCUT2D eigenvalue weighted by Gasteiger charge is 2.60. The Morgan fingerprint density at radius 1 is 0.882 bits per heavy atom. The molecule has 0 saturated carbocycles. The lowest BCUT2D eigenvalue weighted by atomic mass is 9.90. The van der Waals surface area contributed by atoms with E-state index >= 15 is 0 Å². The summed E-state index contributed by atoms with van der Waals surface area (Å²) in [6.07, 6.45) is -1.07. The zero-order chi connectivity index (χ0) is 24.1. The van der Waals surface area contributed by atoms with Gasteiger partial charge in [0.15, 0.2) is 17.6 Å². The molecule has 3 aromatic rings. The van der Waals surface area contributed by atoms with Gasteiger partial charge in [0.2, 0.25) is 5.91 Å².